The molecule has 422 valence electrons. The van der Waals surface area contributed by atoms with Crippen LogP contribution in [0.2, 0.25) is 0 Å². The van der Waals surface area contributed by atoms with E-state index in [-0.39, 0.29) is 51.4 Å². The number of fused-ring (bicyclic) bond motifs is 10. The molecule has 0 N–H and O–H groups in total. The molecule has 11 aromatic rings. The van der Waals surface area contributed by atoms with Gasteiger partial charge in [0.1, 0.15) is 0 Å². The summed E-state index contributed by atoms with van der Waals surface area (Å²) >= 11 is 0. The molecule has 3 aliphatic rings. The monoisotopic (exact) mass is 1120 g/mol. The first-order valence-electron chi connectivity index (χ1n) is 33.1. The molecule has 0 atom stereocenters. The van der Waals surface area contributed by atoms with Gasteiger partial charge in [0.2, 0.25) is 6.71 Å². The van der Waals surface area contributed by atoms with Crippen LogP contribution < -0.4 is 26.2 Å². The van der Waals surface area contributed by atoms with Gasteiger partial charge in [-0.25, -0.2) is 0 Å². The second-order valence-electron chi connectivity index (χ2n) is 28.2. The molecular formula is C83H77BN2. The maximum absolute atomic E-state index is 9.57. The molecule has 14 rings (SSSR count). The van der Waals surface area contributed by atoms with Crippen molar-refractivity contribution in [1.29, 1.82) is 0 Å². The second kappa shape index (κ2) is 20.1. The molecular weight excluding hydrogens is 1040 g/mol. The smallest absolute Gasteiger partial charge is 0.247 e. The summed E-state index contributed by atoms with van der Waals surface area (Å²) in [4.78, 5) is 5.05. The Balaban J connectivity index is 1.22. The van der Waals surface area contributed by atoms with E-state index < -0.39 is 18.2 Å². The fraction of sp³-hybridized carbons (Fsp3) is 0.205. The number of rotatable bonds is 6. The maximum atomic E-state index is 9.57. The van der Waals surface area contributed by atoms with Crippen LogP contribution >= 0.6 is 0 Å². The van der Waals surface area contributed by atoms with Crippen LogP contribution in [-0.2, 0) is 27.1 Å². The first-order valence-corrected chi connectivity index (χ1v) is 30.6. The molecule has 0 fully saturated rings. The number of hydrogen-bond acceptors (Lipinski definition) is 2. The van der Waals surface area contributed by atoms with E-state index in [1.807, 2.05) is 6.07 Å². The Hall–Kier alpha value is -8.92. The van der Waals surface area contributed by atoms with E-state index in [1.165, 1.54) is 27.8 Å². The predicted molar refractivity (Wildman–Crippen MR) is 369 cm³/mol. The molecule has 3 heteroatoms. The normalized spacial score (nSPS) is 14.9. The molecule has 1 spiro atoms. The van der Waals surface area contributed by atoms with Crippen LogP contribution in [0.5, 0.6) is 0 Å². The van der Waals surface area contributed by atoms with Gasteiger partial charge in [-0.3, -0.25) is 0 Å². The Morgan fingerprint density at radius 3 is 1.34 bits per heavy atom. The molecule has 0 unspecified atom stereocenters. The summed E-state index contributed by atoms with van der Waals surface area (Å²) < 4.78 is 46.0. The number of hydrogen-bond donors (Lipinski definition) is 0. The van der Waals surface area contributed by atoms with Crippen LogP contribution in [0.25, 0.3) is 44.5 Å². The standard InChI is InChI=1S/C83H77BN2/c1-79(2,3)60-45-59(46-61(49-60)80(4,5)6)58-42-44-75-72(48-58)84-71-47-57(54-29-17-13-18-30-54)41-43-67(71)83(68-37-25-27-39-73(68)85(64-35-23-16-24-36-64)74-40-28-26-38-69(74)83)70-52-63(82(10,11)12)53-76(77(70)84)86(75)78-65(55-31-19-14-20-32-55)50-62(81(7,8)9)51-66(78)56-33-21-15-22-34-56/h13-53H,1-12H3/i13D,17D,18D,29D,30D. The quantitative estimate of drug-likeness (QED) is 0.153. The summed E-state index contributed by atoms with van der Waals surface area (Å²) in [6, 6.07) is 79.6. The van der Waals surface area contributed by atoms with Crippen molar-refractivity contribution in [2.24, 2.45) is 0 Å². The third kappa shape index (κ3) is 8.91. The molecule has 0 aromatic heterocycles. The molecule has 3 heterocycles. The van der Waals surface area contributed by atoms with Crippen LogP contribution in [0.3, 0.4) is 0 Å². The Morgan fingerprint density at radius 2 is 0.791 bits per heavy atom. The summed E-state index contributed by atoms with van der Waals surface area (Å²) in [7, 11) is 0. The van der Waals surface area contributed by atoms with Gasteiger partial charge in [0.15, 0.2) is 0 Å². The highest BCUT2D eigenvalue weighted by Crippen LogP contribution is 2.60. The molecule has 0 bridgehead atoms. The van der Waals surface area contributed by atoms with Gasteiger partial charge in [-0.2, -0.15) is 0 Å². The highest BCUT2D eigenvalue weighted by atomic mass is 15.2. The van der Waals surface area contributed by atoms with Crippen molar-refractivity contribution >= 4 is 57.2 Å². The van der Waals surface area contributed by atoms with Crippen molar-refractivity contribution in [2.75, 3.05) is 9.80 Å². The lowest BCUT2D eigenvalue weighted by Crippen LogP contribution is -2.65. The van der Waals surface area contributed by atoms with Gasteiger partial charge in [-0.05, 0) is 159 Å². The van der Waals surface area contributed by atoms with Crippen LogP contribution in [0.15, 0.2) is 249 Å². The lowest BCUT2D eigenvalue weighted by Gasteiger charge is -2.53. The minimum Gasteiger partial charge on any atom is -0.310 e. The Morgan fingerprint density at radius 1 is 0.326 bits per heavy atom. The number of benzene rings is 11. The lowest BCUT2D eigenvalue weighted by atomic mass is 9.29. The molecule has 0 aliphatic carbocycles. The summed E-state index contributed by atoms with van der Waals surface area (Å²) in [6.07, 6.45) is 0. The van der Waals surface area contributed by atoms with Gasteiger partial charge in [-0.15, -0.1) is 0 Å². The van der Waals surface area contributed by atoms with Gasteiger partial charge in [0.05, 0.1) is 29.3 Å². The summed E-state index contributed by atoms with van der Waals surface area (Å²) in [5.41, 5.74) is 24.6. The van der Waals surface area contributed by atoms with E-state index in [9.17, 15) is 2.74 Å². The molecule has 0 saturated carbocycles. The van der Waals surface area contributed by atoms with Crippen molar-refractivity contribution in [2.45, 2.75) is 110 Å². The summed E-state index contributed by atoms with van der Waals surface area (Å²) in [6.45, 7) is 27.3. The van der Waals surface area contributed by atoms with E-state index in [1.54, 1.807) is 0 Å². The van der Waals surface area contributed by atoms with E-state index >= 15 is 0 Å². The zero-order chi connectivity index (χ0) is 64.0. The molecule has 0 radical (unpaired) electrons. The lowest BCUT2D eigenvalue weighted by molar-refractivity contribution is 0.569. The molecule has 0 amide bonds. The first kappa shape index (κ1) is 49.4. The van der Waals surface area contributed by atoms with E-state index in [4.69, 9.17) is 4.11 Å². The van der Waals surface area contributed by atoms with Crippen molar-refractivity contribution in [3.63, 3.8) is 0 Å². The van der Waals surface area contributed by atoms with Crippen molar-refractivity contribution in [3.8, 4) is 44.5 Å². The van der Waals surface area contributed by atoms with E-state index in [2.05, 4.69) is 305 Å². The van der Waals surface area contributed by atoms with Crippen molar-refractivity contribution < 1.29 is 6.85 Å². The largest absolute Gasteiger partial charge is 0.310 e. The highest BCUT2D eigenvalue weighted by molar-refractivity contribution is 6.99. The second-order valence-corrected chi connectivity index (χ2v) is 28.2. The zero-order valence-electron chi connectivity index (χ0n) is 56.8. The maximum Gasteiger partial charge on any atom is 0.247 e. The van der Waals surface area contributed by atoms with Crippen molar-refractivity contribution in [3.05, 3.63) is 293 Å². The summed E-state index contributed by atoms with van der Waals surface area (Å²) in [5.74, 6) is 0. The fourth-order valence-corrected chi connectivity index (χ4v) is 14.1. The van der Waals surface area contributed by atoms with Gasteiger partial charge in [0.25, 0.3) is 0 Å². The average Bonchev–Trinajstić information content (AvgIpc) is 0.664. The number of nitrogens with zero attached hydrogens (tertiary/aromatic N) is 2. The third-order valence-electron chi connectivity index (χ3n) is 18.6. The van der Waals surface area contributed by atoms with Gasteiger partial charge >= 0.3 is 0 Å². The number of anilines is 6. The van der Waals surface area contributed by atoms with Gasteiger partial charge in [-0.1, -0.05) is 289 Å². The predicted octanol–water partition coefficient (Wildman–Crippen LogP) is 20.3. The van der Waals surface area contributed by atoms with Gasteiger partial charge < -0.3 is 9.80 Å². The minimum atomic E-state index is -0.988. The van der Waals surface area contributed by atoms with Crippen LogP contribution in [-0.4, -0.2) is 6.71 Å². The molecule has 11 aromatic carbocycles. The van der Waals surface area contributed by atoms with E-state index in [0.717, 1.165) is 101 Å². The van der Waals surface area contributed by atoms with Crippen LogP contribution in [0.1, 0.15) is 134 Å². The SMILES string of the molecule is [2H]c1c([2H])c([2H])c(-c2ccc3c(c2)B2c4cc(-c5cc(C(C)(C)C)cc(C(C)(C)C)c5)ccc4N(c4c(-c5ccccc5)cc(C(C)(C)C)cc4-c4ccccc4)c4cc(C(C)(C)C)cc(c42)C32c3ccccc3N(c3ccccc3)c3ccccc32)c([2H])c1[2H]. The zero-order valence-corrected chi connectivity index (χ0v) is 51.8. The molecule has 86 heavy (non-hydrogen) atoms. The Labute approximate surface area is 519 Å². The van der Waals surface area contributed by atoms with E-state index in [0.29, 0.717) is 5.56 Å². The first-order chi connectivity index (χ1) is 43.3. The Bertz CT molecular complexity index is 4590. The molecule has 2 nitrogen and oxygen atoms in total. The Kier molecular flexibility index (Phi) is 11.5. The fourth-order valence-electron chi connectivity index (χ4n) is 14.1. The van der Waals surface area contributed by atoms with Crippen LogP contribution in [0, 0.1) is 0 Å². The minimum absolute atomic E-state index is 0.139. The molecule has 3 aliphatic heterocycles. The topological polar surface area (TPSA) is 6.48 Å². The average molecular weight is 1120 g/mol. The van der Waals surface area contributed by atoms with Crippen LogP contribution in [0.4, 0.5) is 34.1 Å². The summed E-state index contributed by atoms with van der Waals surface area (Å²) in [5, 5.41) is 0. The third-order valence-corrected chi connectivity index (χ3v) is 18.6. The molecule has 0 saturated heterocycles. The number of para-hydroxylation sites is 3. The van der Waals surface area contributed by atoms with Crippen molar-refractivity contribution in [1.82, 2.24) is 0 Å². The van der Waals surface area contributed by atoms with Gasteiger partial charge in [0, 0.05) is 28.2 Å². The highest BCUT2D eigenvalue weighted by Gasteiger charge is 2.56.